The molecule has 0 radical (unpaired) electrons. The third kappa shape index (κ3) is 5.09. The number of nitrogens with one attached hydrogen (secondary N) is 1. The number of aromatic hydroxyl groups is 1. The van der Waals surface area contributed by atoms with Crippen LogP contribution in [-0.4, -0.2) is 65.8 Å². The number of phenolic OH excluding ortho intramolecular Hbond substituents is 1. The van der Waals surface area contributed by atoms with Crippen LogP contribution in [0.4, 0.5) is 0 Å². The van der Waals surface area contributed by atoms with Crippen LogP contribution in [-0.2, 0) is 16.0 Å². The lowest BCUT2D eigenvalue weighted by molar-refractivity contribution is -0.146. The number of benzene rings is 1. The number of carbonyl (C=O) groups excluding carboxylic acids is 2. The first-order valence-corrected chi connectivity index (χ1v) is 8.77. The molecule has 2 rings (SSSR count). The van der Waals surface area contributed by atoms with Crippen LogP contribution in [0.15, 0.2) is 18.2 Å². The summed E-state index contributed by atoms with van der Waals surface area (Å²) in [4.78, 5) is 25.9. The van der Waals surface area contributed by atoms with Crippen molar-refractivity contribution in [3.05, 3.63) is 23.8 Å². The van der Waals surface area contributed by atoms with Crippen molar-refractivity contribution >= 4 is 11.8 Å². The molecule has 1 aromatic rings. The molecule has 1 aromatic carbocycles. The fourth-order valence-corrected chi connectivity index (χ4v) is 3.06. The molecular weight excluding hydrogens is 338 g/mol. The van der Waals surface area contributed by atoms with E-state index in [4.69, 9.17) is 10.5 Å². The van der Waals surface area contributed by atoms with Gasteiger partial charge in [0.25, 0.3) is 0 Å². The molecule has 1 heterocycles. The normalized spacial score (nSPS) is 18.6. The van der Waals surface area contributed by atoms with Crippen LogP contribution < -0.4 is 15.8 Å². The molecule has 0 saturated carbocycles. The molecule has 1 saturated heterocycles. The molecule has 0 aromatic heterocycles. The Balaban J connectivity index is 1.95. The van der Waals surface area contributed by atoms with Gasteiger partial charge in [0.2, 0.25) is 11.8 Å². The first-order valence-electron chi connectivity index (χ1n) is 8.77. The van der Waals surface area contributed by atoms with Gasteiger partial charge in [0.1, 0.15) is 6.04 Å². The smallest absolute Gasteiger partial charge is 0.243 e. The van der Waals surface area contributed by atoms with E-state index in [1.807, 2.05) is 0 Å². The van der Waals surface area contributed by atoms with E-state index >= 15 is 0 Å². The first kappa shape index (κ1) is 20.0. The number of amides is 2. The molecule has 0 aliphatic carbocycles. The summed E-state index contributed by atoms with van der Waals surface area (Å²) in [6, 6.07) is 4.56. The zero-order valence-electron chi connectivity index (χ0n) is 15.0. The van der Waals surface area contributed by atoms with Gasteiger partial charge in [0, 0.05) is 13.1 Å². The number of hydrogen-bond donors (Lipinski definition) is 4. The summed E-state index contributed by atoms with van der Waals surface area (Å²) in [5.74, 6) is 0.169. The monoisotopic (exact) mass is 365 g/mol. The first-order chi connectivity index (χ1) is 12.5. The SMILES string of the molecule is COc1cc(CCCN2C(=O)CNC(=O)C2CCC(O)CN)ccc1O. The second kappa shape index (κ2) is 9.40. The summed E-state index contributed by atoms with van der Waals surface area (Å²) in [6.45, 7) is 0.575. The summed E-state index contributed by atoms with van der Waals surface area (Å²) in [7, 11) is 1.49. The highest BCUT2D eigenvalue weighted by atomic mass is 16.5. The topological polar surface area (TPSA) is 125 Å². The Morgan fingerprint density at radius 1 is 1.42 bits per heavy atom. The number of methoxy groups -OCH3 is 1. The molecule has 8 nitrogen and oxygen atoms in total. The molecule has 8 heteroatoms. The zero-order chi connectivity index (χ0) is 19.1. The number of nitrogens with zero attached hydrogens (tertiary/aromatic N) is 1. The fourth-order valence-electron chi connectivity index (χ4n) is 3.06. The minimum Gasteiger partial charge on any atom is -0.504 e. The maximum atomic E-state index is 12.2. The zero-order valence-corrected chi connectivity index (χ0v) is 15.0. The molecule has 1 aliphatic heterocycles. The average molecular weight is 365 g/mol. The number of ether oxygens (including phenoxy) is 1. The van der Waals surface area contributed by atoms with Crippen LogP contribution in [0, 0.1) is 0 Å². The summed E-state index contributed by atoms with van der Waals surface area (Å²) >= 11 is 0. The van der Waals surface area contributed by atoms with Gasteiger partial charge in [0.05, 0.1) is 19.8 Å². The van der Waals surface area contributed by atoms with Crippen molar-refractivity contribution in [1.29, 1.82) is 0 Å². The van der Waals surface area contributed by atoms with Crippen molar-refractivity contribution in [3.63, 3.8) is 0 Å². The molecule has 0 spiro atoms. The van der Waals surface area contributed by atoms with Gasteiger partial charge in [-0.1, -0.05) is 6.07 Å². The third-order valence-electron chi connectivity index (χ3n) is 4.57. The van der Waals surface area contributed by atoms with Crippen molar-refractivity contribution in [1.82, 2.24) is 10.2 Å². The van der Waals surface area contributed by atoms with Gasteiger partial charge in [-0.3, -0.25) is 9.59 Å². The fraction of sp³-hybridized carbons (Fsp3) is 0.556. The van der Waals surface area contributed by atoms with Crippen molar-refractivity contribution in [2.75, 3.05) is 26.7 Å². The Hall–Kier alpha value is -2.32. The molecule has 0 bridgehead atoms. The van der Waals surface area contributed by atoms with Crippen LogP contribution >= 0.6 is 0 Å². The predicted octanol–water partition coefficient (Wildman–Crippen LogP) is -0.240. The minimum atomic E-state index is -0.675. The maximum Gasteiger partial charge on any atom is 0.243 e. The van der Waals surface area contributed by atoms with Crippen LogP contribution in [0.1, 0.15) is 24.8 Å². The van der Waals surface area contributed by atoms with Crippen LogP contribution in [0.2, 0.25) is 0 Å². The van der Waals surface area contributed by atoms with E-state index in [0.717, 1.165) is 5.56 Å². The van der Waals surface area contributed by atoms with Gasteiger partial charge in [-0.2, -0.15) is 0 Å². The van der Waals surface area contributed by atoms with Gasteiger partial charge in [-0.25, -0.2) is 0 Å². The average Bonchev–Trinajstić information content (AvgIpc) is 2.64. The van der Waals surface area contributed by atoms with Crippen molar-refractivity contribution in [2.45, 2.75) is 37.8 Å². The number of hydrogen-bond acceptors (Lipinski definition) is 6. The molecule has 2 amide bonds. The second-order valence-corrected chi connectivity index (χ2v) is 6.40. The number of piperazine rings is 1. The highest BCUT2D eigenvalue weighted by Crippen LogP contribution is 2.26. The summed E-state index contributed by atoms with van der Waals surface area (Å²) in [5.41, 5.74) is 6.38. The highest BCUT2D eigenvalue weighted by Gasteiger charge is 2.33. The molecule has 1 aliphatic rings. The predicted molar refractivity (Wildman–Crippen MR) is 95.8 cm³/mol. The van der Waals surface area contributed by atoms with Gasteiger partial charge in [0.15, 0.2) is 11.5 Å². The lowest BCUT2D eigenvalue weighted by Gasteiger charge is -2.35. The van der Waals surface area contributed by atoms with E-state index in [0.29, 0.717) is 38.0 Å². The van der Waals surface area contributed by atoms with Crippen molar-refractivity contribution in [2.24, 2.45) is 5.73 Å². The summed E-state index contributed by atoms with van der Waals surface area (Å²) in [5, 5.41) is 21.9. The van der Waals surface area contributed by atoms with Gasteiger partial charge in [-0.05, 0) is 43.4 Å². The molecule has 26 heavy (non-hydrogen) atoms. The molecule has 1 fully saturated rings. The van der Waals surface area contributed by atoms with Gasteiger partial charge in [-0.15, -0.1) is 0 Å². The lowest BCUT2D eigenvalue weighted by Crippen LogP contribution is -2.58. The number of nitrogens with two attached hydrogens (primary N) is 1. The minimum absolute atomic E-state index is 0.00179. The standard InChI is InChI=1S/C18H27N3O5/c1-26-16-9-12(4-7-15(16)23)3-2-8-21-14(6-5-13(22)10-19)18(25)20-11-17(21)24/h4,7,9,13-14,22-23H,2-3,5-6,8,10-11,19H2,1H3,(H,20,25). The largest absolute Gasteiger partial charge is 0.504 e. The van der Waals surface area contributed by atoms with E-state index in [1.54, 1.807) is 23.1 Å². The van der Waals surface area contributed by atoms with E-state index in [2.05, 4.69) is 5.32 Å². The Kier molecular flexibility index (Phi) is 7.23. The molecule has 2 unspecified atom stereocenters. The lowest BCUT2D eigenvalue weighted by atomic mass is 10.0. The Labute approximate surface area is 152 Å². The molecule has 144 valence electrons. The second-order valence-electron chi connectivity index (χ2n) is 6.40. The number of rotatable bonds is 9. The van der Waals surface area contributed by atoms with Crippen molar-refractivity contribution in [3.8, 4) is 11.5 Å². The van der Waals surface area contributed by atoms with E-state index in [-0.39, 0.29) is 30.7 Å². The summed E-state index contributed by atoms with van der Waals surface area (Å²) in [6.07, 6.45) is 1.42. The molecule has 2 atom stereocenters. The number of phenols is 1. The van der Waals surface area contributed by atoms with Gasteiger partial charge < -0.3 is 30.9 Å². The molecule has 5 N–H and O–H groups in total. The van der Waals surface area contributed by atoms with Crippen LogP contribution in [0.3, 0.4) is 0 Å². The number of aliphatic hydroxyl groups excluding tert-OH is 1. The maximum absolute atomic E-state index is 12.2. The van der Waals surface area contributed by atoms with Crippen molar-refractivity contribution < 1.29 is 24.5 Å². The Morgan fingerprint density at radius 2 is 2.19 bits per heavy atom. The van der Waals surface area contributed by atoms with Gasteiger partial charge >= 0.3 is 0 Å². The number of carbonyl (C=O) groups is 2. The summed E-state index contributed by atoms with van der Waals surface area (Å²) < 4.78 is 5.09. The Morgan fingerprint density at radius 3 is 2.88 bits per heavy atom. The number of aryl methyl sites for hydroxylation is 1. The van der Waals surface area contributed by atoms with Crippen LogP contribution in [0.25, 0.3) is 0 Å². The quantitative estimate of drug-likeness (QED) is 0.479. The van der Waals surface area contributed by atoms with E-state index in [9.17, 15) is 19.8 Å². The number of aliphatic hydroxyl groups is 1. The third-order valence-corrected chi connectivity index (χ3v) is 4.57. The van der Waals surface area contributed by atoms with E-state index in [1.165, 1.54) is 7.11 Å². The highest BCUT2D eigenvalue weighted by molar-refractivity contribution is 5.94. The van der Waals surface area contributed by atoms with E-state index < -0.39 is 12.1 Å². The van der Waals surface area contributed by atoms with Crippen LogP contribution in [0.5, 0.6) is 11.5 Å². The Bertz CT molecular complexity index is 637. The molecular formula is C18H27N3O5.